The predicted octanol–water partition coefficient (Wildman–Crippen LogP) is 1.88. The average Bonchev–Trinajstić information content (AvgIpc) is 2.60. The molecule has 0 atom stereocenters. The van der Waals surface area contributed by atoms with Crippen LogP contribution in [0.25, 0.3) is 0 Å². The summed E-state index contributed by atoms with van der Waals surface area (Å²) in [6.45, 7) is 12.8. The SMILES string of the molecule is CC(C)(C)CNC(=O)c1n[nH]nc1C(C)(C)C. The van der Waals surface area contributed by atoms with Gasteiger partial charge < -0.3 is 5.32 Å². The van der Waals surface area contributed by atoms with E-state index in [1.807, 2.05) is 20.8 Å². The molecule has 17 heavy (non-hydrogen) atoms. The maximum absolute atomic E-state index is 12.0. The zero-order valence-corrected chi connectivity index (χ0v) is 11.5. The molecule has 0 saturated carbocycles. The minimum absolute atomic E-state index is 0.0568. The summed E-state index contributed by atoms with van der Waals surface area (Å²) in [6, 6.07) is 0. The van der Waals surface area contributed by atoms with E-state index in [4.69, 9.17) is 0 Å². The summed E-state index contributed by atoms with van der Waals surface area (Å²) in [5.74, 6) is -0.168. The molecule has 0 bridgehead atoms. The molecular weight excluding hydrogens is 216 g/mol. The van der Waals surface area contributed by atoms with Crippen molar-refractivity contribution in [3.8, 4) is 0 Å². The Bertz CT molecular complexity index is 395. The number of amides is 1. The first-order chi connectivity index (χ1) is 7.61. The minimum Gasteiger partial charge on any atom is -0.350 e. The van der Waals surface area contributed by atoms with E-state index in [-0.39, 0.29) is 16.7 Å². The largest absolute Gasteiger partial charge is 0.350 e. The van der Waals surface area contributed by atoms with E-state index in [2.05, 4.69) is 41.5 Å². The summed E-state index contributed by atoms with van der Waals surface area (Å²) >= 11 is 0. The summed E-state index contributed by atoms with van der Waals surface area (Å²) in [7, 11) is 0. The first-order valence-corrected chi connectivity index (χ1v) is 5.81. The zero-order chi connectivity index (χ0) is 13.3. The molecule has 0 spiro atoms. The summed E-state index contributed by atoms with van der Waals surface area (Å²) < 4.78 is 0. The van der Waals surface area contributed by atoms with Gasteiger partial charge in [-0.25, -0.2) is 0 Å². The van der Waals surface area contributed by atoms with E-state index in [0.29, 0.717) is 17.9 Å². The van der Waals surface area contributed by atoms with Crippen LogP contribution < -0.4 is 5.32 Å². The van der Waals surface area contributed by atoms with Crippen LogP contribution in [0.3, 0.4) is 0 Å². The Morgan fingerprint density at radius 2 is 1.76 bits per heavy atom. The minimum atomic E-state index is -0.193. The maximum Gasteiger partial charge on any atom is 0.273 e. The van der Waals surface area contributed by atoms with Crippen molar-refractivity contribution in [2.45, 2.75) is 47.0 Å². The third-order valence-corrected chi connectivity index (χ3v) is 2.25. The van der Waals surface area contributed by atoms with Gasteiger partial charge in [-0.05, 0) is 5.41 Å². The number of hydrogen-bond donors (Lipinski definition) is 2. The lowest BCUT2D eigenvalue weighted by molar-refractivity contribution is 0.0932. The number of nitrogens with one attached hydrogen (secondary N) is 2. The van der Waals surface area contributed by atoms with E-state index in [1.165, 1.54) is 0 Å². The van der Waals surface area contributed by atoms with Gasteiger partial charge >= 0.3 is 0 Å². The predicted molar refractivity (Wildman–Crippen MR) is 66.9 cm³/mol. The van der Waals surface area contributed by atoms with Crippen molar-refractivity contribution in [3.63, 3.8) is 0 Å². The molecule has 0 unspecified atom stereocenters. The van der Waals surface area contributed by atoms with Crippen molar-refractivity contribution in [3.05, 3.63) is 11.4 Å². The number of rotatable bonds is 2. The average molecular weight is 238 g/mol. The Kier molecular flexibility index (Phi) is 3.59. The lowest BCUT2D eigenvalue weighted by Crippen LogP contribution is -2.34. The van der Waals surface area contributed by atoms with Crippen LogP contribution in [0, 0.1) is 5.41 Å². The molecule has 0 aliphatic rings. The fraction of sp³-hybridized carbons (Fsp3) is 0.750. The van der Waals surface area contributed by atoms with Crippen molar-refractivity contribution < 1.29 is 4.79 Å². The quantitative estimate of drug-likeness (QED) is 0.826. The first kappa shape index (κ1) is 13.7. The number of aromatic nitrogens is 3. The molecule has 0 aliphatic carbocycles. The topological polar surface area (TPSA) is 70.7 Å². The number of hydrogen-bond acceptors (Lipinski definition) is 3. The van der Waals surface area contributed by atoms with Crippen LogP contribution in [-0.2, 0) is 5.41 Å². The second-order valence-electron chi connectivity index (χ2n) is 6.51. The van der Waals surface area contributed by atoms with Crippen LogP contribution in [0.4, 0.5) is 0 Å². The second-order valence-corrected chi connectivity index (χ2v) is 6.51. The van der Waals surface area contributed by atoms with E-state index in [9.17, 15) is 4.79 Å². The Labute approximate surface area is 102 Å². The highest BCUT2D eigenvalue weighted by molar-refractivity contribution is 5.93. The molecule has 0 aliphatic heterocycles. The van der Waals surface area contributed by atoms with Crippen molar-refractivity contribution in [1.29, 1.82) is 0 Å². The summed E-state index contributed by atoms with van der Waals surface area (Å²) in [4.78, 5) is 12.0. The van der Waals surface area contributed by atoms with Gasteiger partial charge in [-0.15, -0.1) is 0 Å². The first-order valence-electron chi connectivity index (χ1n) is 5.81. The van der Waals surface area contributed by atoms with Gasteiger partial charge in [0, 0.05) is 12.0 Å². The third-order valence-electron chi connectivity index (χ3n) is 2.25. The van der Waals surface area contributed by atoms with Crippen molar-refractivity contribution in [1.82, 2.24) is 20.7 Å². The molecule has 96 valence electrons. The second kappa shape index (κ2) is 4.47. The van der Waals surface area contributed by atoms with Crippen LogP contribution in [0.15, 0.2) is 0 Å². The number of nitrogens with zero attached hydrogens (tertiary/aromatic N) is 2. The van der Waals surface area contributed by atoms with Gasteiger partial charge in [-0.3, -0.25) is 4.79 Å². The van der Waals surface area contributed by atoms with E-state index >= 15 is 0 Å². The molecule has 5 nitrogen and oxygen atoms in total. The van der Waals surface area contributed by atoms with Gasteiger partial charge in [-0.1, -0.05) is 41.5 Å². The van der Waals surface area contributed by atoms with Crippen LogP contribution in [0.5, 0.6) is 0 Å². The zero-order valence-electron chi connectivity index (χ0n) is 11.5. The lowest BCUT2D eigenvalue weighted by atomic mass is 9.90. The number of H-pyrrole nitrogens is 1. The number of aromatic amines is 1. The van der Waals surface area contributed by atoms with Crippen LogP contribution in [0.2, 0.25) is 0 Å². The highest BCUT2D eigenvalue weighted by Gasteiger charge is 2.26. The molecule has 1 aromatic heterocycles. The van der Waals surface area contributed by atoms with Crippen LogP contribution >= 0.6 is 0 Å². The Morgan fingerprint density at radius 3 is 2.24 bits per heavy atom. The monoisotopic (exact) mass is 238 g/mol. The third kappa shape index (κ3) is 3.84. The summed E-state index contributed by atoms with van der Waals surface area (Å²) in [5, 5.41) is 13.4. The standard InChI is InChI=1S/C12H22N4O/c1-11(2,3)7-13-10(17)8-9(12(4,5)6)15-16-14-8/h7H2,1-6H3,(H,13,17)(H,14,15,16). The smallest absolute Gasteiger partial charge is 0.273 e. The lowest BCUT2D eigenvalue weighted by Gasteiger charge is -2.19. The van der Waals surface area contributed by atoms with Gasteiger partial charge in [0.05, 0.1) is 0 Å². The van der Waals surface area contributed by atoms with Gasteiger partial charge in [0.25, 0.3) is 5.91 Å². The van der Waals surface area contributed by atoms with E-state index in [0.717, 1.165) is 0 Å². The van der Waals surface area contributed by atoms with Gasteiger partial charge in [0.1, 0.15) is 5.69 Å². The Morgan fingerprint density at radius 1 is 1.18 bits per heavy atom. The van der Waals surface area contributed by atoms with E-state index < -0.39 is 0 Å². The molecule has 0 radical (unpaired) electrons. The molecular formula is C12H22N4O. The molecule has 1 rings (SSSR count). The summed E-state index contributed by atoms with van der Waals surface area (Å²) in [5.41, 5.74) is 0.952. The normalized spacial score (nSPS) is 12.6. The van der Waals surface area contributed by atoms with Gasteiger partial charge in [-0.2, -0.15) is 15.4 Å². The molecule has 0 fully saturated rings. The fourth-order valence-electron chi connectivity index (χ4n) is 1.34. The number of carbonyl (C=O) groups excluding carboxylic acids is 1. The van der Waals surface area contributed by atoms with Crippen molar-refractivity contribution >= 4 is 5.91 Å². The van der Waals surface area contributed by atoms with Crippen LogP contribution in [0.1, 0.15) is 57.7 Å². The molecule has 2 N–H and O–H groups in total. The number of carbonyl (C=O) groups is 1. The van der Waals surface area contributed by atoms with Crippen molar-refractivity contribution in [2.24, 2.45) is 5.41 Å². The van der Waals surface area contributed by atoms with Crippen LogP contribution in [-0.4, -0.2) is 27.9 Å². The molecule has 1 aromatic rings. The highest BCUT2D eigenvalue weighted by Crippen LogP contribution is 2.22. The molecule has 1 amide bonds. The highest BCUT2D eigenvalue weighted by atomic mass is 16.2. The molecule has 5 heteroatoms. The van der Waals surface area contributed by atoms with Crippen molar-refractivity contribution in [2.75, 3.05) is 6.54 Å². The molecule has 0 aromatic carbocycles. The maximum atomic E-state index is 12.0. The van der Waals surface area contributed by atoms with E-state index in [1.54, 1.807) is 0 Å². The Hall–Kier alpha value is -1.39. The fourth-order valence-corrected chi connectivity index (χ4v) is 1.34. The summed E-state index contributed by atoms with van der Waals surface area (Å²) in [6.07, 6.45) is 0. The van der Waals surface area contributed by atoms with Gasteiger partial charge in [0.15, 0.2) is 5.69 Å². The Balaban J connectivity index is 2.81. The molecule has 0 saturated heterocycles. The molecule has 1 heterocycles. The van der Waals surface area contributed by atoms with Gasteiger partial charge in [0.2, 0.25) is 0 Å².